The summed E-state index contributed by atoms with van der Waals surface area (Å²) in [6.07, 6.45) is 3.25. The van der Waals surface area contributed by atoms with Crippen LogP contribution in [-0.4, -0.2) is 30.8 Å². The molecule has 1 fully saturated rings. The average Bonchev–Trinajstić information content (AvgIpc) is 3.33. The lowest BCUT2D eigenvalue weighted by Crippen LogP contribution is -2.42. The Hall–Kier alpha value is -1.88. The number of aryl methyl sites for hydroxylation is 1. The maximum absolute atomic E-state index is 12.4. The van der Waals surface area contributed by atoms with E-state index in [2.05, 4.69) is 31.5 Å². The summed E-state index contributed by atoms with van der Waals surface area (Å²) in [7, 11) is -2.13. The van der Waals surface area contributed by atoms with E-state index in [0.717, 1.165) is 17.3 Å². The molecule has 1 aliphatic carbocycles. The summed E-state index contributed by atoms with van der Waals surface area (Å²) in [6, 6.07) is 5.38. The van der Waals surface area contributed by atoms with Crippen LogP contribution in [0.5, 0.6) is 0 Å². The SMILES string of the molecule is Cn1cc(Br)cc1C(=O)NNC(=O)c1ccc(Cl)c(S(=O)(=O)NC2CC2)c1. The molecule has 0 radical (unpaired) electrons. The van der Waals surface area contributed by atoms with Crippen molar-refractivity contribution in [1.29, 1.82) is 0 Å². The lowest BCUT2D eigenvalue weighted by molar-refractivity contribution is 0.0842. The zero-order chi connectivity index (χ0) is 19.8. The summed E-state index contributed by atoms with van der Waals surface area (Å²) in [5.74, 6) is -1.19. The van der Waals surface area contributed by atoms with Gasteiger partial charge in [-0.05, 0) is 53.0 Å². The maximum atomic E-state index is 12.4. The summed E-state index contributed by atoms with van der Waals surface area (Å²) < 4.78 is 29.5. The Kier molecular flexibility index (Phi) is 5.61. The van der Waals surface area contributed by atoms with E-state index in [1.165, 1.54) is 18.2 Å². The number of amides is 2. The highest BCUT2D eigenvalue weighted by Crippen LogP contribution is 2.26. The number of sulfonamides is 1. The second-order valence-corrected chi connectivity index (χ2v) is 9.11. The molecular formula is C16H16BrClN4O4S. The molecule has 0 unspecified atom stereocenters. The van der Waals surface area contributed by atoms with E-state index in [1.807, 2.05) is 0 Å². The quantitative estimate of drug-likeness (QED) is 0.574. The van der Waals surface area contributed by atoms with Crippen molar-refractivity contribution < 1.29 is 18.0 Å². The van der Waals surface area contributed by atoms with Gasteiger partial charge in [-0.25, -0.2) is 13.1 Å². The van der Waals surface area contributed by atoms with E-state index in [0.29, 0.717) is 5.69 Å². The van der Waals surface area contributed by atoms with E-state index in [-0.39, 0.29) is 21.5 Å². The molecule has 2 amide bonds. The Balaban J connectivity index is 1.72. The van der Waals surface area contributed by atoms with Gasteiger partial charge >= 0.3 is 0 Å². The molecule has 2 aromatic rings. The van der Waals surface area contributed by atoms with Gasteiger partial charge in [0.25, 0.3) is 11.8 Å². The molecule has 0 atom stereocenters. The molecule has 1 heterocycles. The van der Waals surface area contributed by atoms with Crippen LogP contribution in [0.4, 0.5) is 0 Å². The van der Waals surface area contributed by atoms with Gasteiger partial charge in [-0.3, -0.25) is 20.4 Å². The van der Waals surface area contributed by atoms with E-state index in [4.69, 9.17) is 11.6 Å². The number of hydrogen-bond acceptors (Lipinski definition) is 4. The van der Waals surface area contributed by atoms with Crippen LogP contribution in [0.3, 0.4) is 0 Å². The van der Waals surface area contributed by atoms with Gasteiger partial charge in [0, 0.05) is 29.3 Å². The Bertz CT molecular complexity index is 1020. The number of nitrogens with one attached hydrogen (secondary N) is 3. The second kappa shape index (κ2) is 7.63. The Morgan fingerprint density at radius 1 is 1.19 bits per heavy atom. The normalized spacial score (nSPS) is 14.0. The van der Waals surface area contributed by atoms with Crippen molar-refractivity contribution in [3.8, 4) is 0 Å². The molecule has 27 heavy (non-hydrogen) atoms. The highest BCUT2D eigenvalue weighted by molar-refractivity contribution is 9.10. The van der Waals surface area contributed by atoms with Crippen molar-refractivity contribution in [3.63, 3.8) is 0 Å². The molecule has 8 nitrogen and oxygen atoms in total. The van der Waals surface area contributed by atoms with Crippen LogP contribution < -0.4 is 15.6 Å². The van der Waals surface area contributed by atoms with Crippen LogP contribution >= 0.6 is 27.5 Å². The predicted octanol–water partition coefficient (Wildman–Crippen LogP) is 1.96. The van der Waals surface area contributed by atoms with Crippen molar-refractivity contribution in [1.82, 2.24) is 20.1 Å². The maximum Gasteiger partial charge on any atom is 0.286 e. The molecule has 144 valence electrons. The molecule has 0 saturated heterocycles. The van der Waals surface area contributed by atoms with Crippen LogP contribution in [0.2, 0.25) is 5.02 Å². The summed E-state index contributed by atoms with van der Waals surface area (Å²) in [5.41, 5.74) is 4.92. The largest absolute Gasteiger partial charge is 0.345 e. The molecule has 0 bridgehead atoms. The van der Waals surface area contributed by atoms with Gasteiger partial charge in [0.05, 0.1) is 5.02 Å². The number of hydrazine groups is 1. The van der Waals surface area contributed by atoms with Crippen LogP contribution in [0, 0.1) is 0 Å². The first-order valence-corrected chi connectivity index (χ1v) is 10.6. The minimum atomic E-state index is -3.82. The first-order valence-electron chi connectivity index (χ1n) is 7.92. The fourth-order valence-electron chi connectivity index (χ4n) is 2.33. The van der Waals surface area contributed by atoms with Gasteiger partial charge in [0.1, 0.15) is 10.6 Å². The standard InChI is InChI=1S/C16H16BrClN4O4S/c1-22-8-10(17)7-13(22)16(24)20-19-15(23)9-2-5-12(18)14(6-9)27(25,26)21-11-3-4-11/h2,5-8,11,21H,3-4H2,1H3,(H,19,23)(H,20,24). The molecular weight excluding hydrogens is 460 g/mol. The average molecular weight is 476 g/mol. The molecule has 1 aliphatic rings. The number of hydrogen-bond donors (Lipinski definition) is 3. The molecule has 3 rings (SSSR count). The van der Waals surface area contributed by atoms with E-state index >= 15 is 0 Å². The lowest BCUT2D eigenvalue weighted by atomic mass is 10.2. The molecule has 0 aliphatic heterocycles. The monoisotopic (exact) mass is 474 g/mol. The van der Waals surface area contributed by atoms with Gasteiger partial charge in [0.2, 0.25) is 10.0 Å². The number of nitrogens with zero attached hydrogens (tertiary/aromatic N) is 1. The Labute approximate surface area is 169 Å². The van der Waals surface area contributed by atoms with Gasteiger partial charge in [-0.2, -0.15) is 0 Å². The fourth-order valence-corrected chi connectivity index (χ4v) is 4.69. The summed E-state index contributed by atoms with van der Waals surface area (Å²) in [5, 5.41) is 0.0115. The molecule has 11 heteroatoms. The van der Waals surface area contributed by atoms with Gasteiger partial charge in [-0.1, -0.05) is 11.6 Å². The van der Waals surface area contributed by atoms with E-state index in [9.17, 15) is 18.0 Å². The second-order valence-electron chi connectivity index (χ2n) is 6.10. The van der Waals surface area contributed by atoms with E-state index in [1.54, 1.807) is 23.9 Å². The van der Waals surface area contributed by atoms with Gasteiger partial charge < -0.3 is 4.57 Å². The van der Waals surface area contributed by atoms with Crippen molar-refractivity contribution in [2.24, 2.45) is 7.05 Å². The summed E-state index contributed by atoms with van der Waals surface area (Å²) >= 11 is 9.25. The Morgan fingerprint density at radius 3 is 2.44 bits per heavy atom. The Morgan fingerprint density at radius 2 is 1.85 bits per heavy atom. The molecule has 3 N–H and O–H groups in total. The predicted molar refractivity (Wildman–Crippen MR) is 103 cm³/mol. The van der Waals surface area contributed by atoms with Crippen LogP contribution in [0.25, 0.3) is 0 Å². The number of carbonyl (C=O) groups excluding carboxylic acids is 2. The first kappa shape index (κ1) is 19.9. The highest BCUT2D eigenvalue weighted by atomic mass is 79.9. The van der Waals surface area contributed by atoms with Crippen molar-refractivity contribution in [3.05, 3.63) is 51.2 Å². The van der Waals surface area contributed by atoms with Crippen LogP contribution in [0.15, 0.2) is 39.8 Å². The third-order valence-electron chi connectivity index (χ3n) is 3.88. The summed E-state index contributed by atoms with van der Waals surface area (Å²) in [6.45, 7) is 0. The fraction of sp³-hybridized carbons (Fsp3) is 0.250. The minimum absolute atomic E-state index is 0.0115. The number of carbonyl (C=O) groups is 2. The van der Waals surface area contributed by atoms with Crippen molar-refractivity contribution in [2.75, 3.05) is 0 Å². The number of benzene rings is 1. The minimum Gasteiger partial charge on any atom is -0.345 e. The van der Waals surface area contributed by atoms with Crippen molar-refractivity contribution in [2.45, 2.75) is 23.8 Å². The summed E-state index contributed by atoms with van der Waals surface area (Å²) in [4.78, 5) is 24.2. The van der Waals surface area contributed by atoms with Crippen LogP contribution in [0.1, 0.15) is 33.7 Å². The van der Waals surface area contributed by atoms with Gasteiger partial charge in [-0.15, -0.1) is 0 Å². The topological polar surface area (TPSA) is 109 Å². The highest BCUT2D eigenvalue weighted by Gasteiger charge is 2.29. The number of halogens is 2. The van der Waals surface area contributed by atoms with Crippen molar-refractivity contribution >= 4 is 49.4 Å². The molecule has 0 spiro atoms. The zero-order valence-corrected chi connectivity index (χ0v) is 17.3. The molecule has 1 aromatic heterocycles. The zero-order valence-electron chi connectivity index (χ0n) is 14.1. The third kappa shape index (κ3) is 4.70. The molecule has 1 saturated carbocycles. The molecule has 1 aromatic carbocycles. The number of rotatable bonds is 5. The van der Waals surface area contributed by atoms with E-state index < -0.39 is 21.8 Å². The van der Waals surface area contributed by atoms with Gasteiger partial charge in [0.15, 0.2) is 0 Å². The first-order chi connectivity index (χ1) is 12.7. The number of aromatic nitrogens is 1. The smallest absolute Gasteiger partial charge is 0.286 e. The van der Waals surface area contributed by atoms with Crippen LogP contribution in [-0.2, 0) is 17.1 Å². The third-order valence-corrected chi connectivity index (χ3v) is 6.31. The lowest BCUT2D eigenvalue weighted by Gasteiger charge is -2.11.